The van der Waals surface area contributed by atoms with Crippen molar-refractivity contribution in [1.29, 1.82) is 0 Å². The van der Waals surface area contributed by atoms with Crippen LogP contribution in [0.2, 0.25) is 0 Å². The van der Waals surface area contributed by atoms with Gasteiger partial charge < -0.3 is 10.1 Å². The highest BCUT2D eigenvalue weighted by Gasteiger charge is 2.12. The molecule has 3 aromatic carbocycles. The van der Waals surface area contributed by atoms with Gasteiger partial charge in [-0.05, 0) is 42.5 Å². The van der Waals surface area contributed by atoms with Crippen molar-refractivity contribution in [3.8, 4) is 17.3 Å². The zero-order valence-corrected chi connectivity index (χ0v) is 21.3. The highest BCUT2D eigenvalue weighted by Crippen LogP contribution is 2.21. The van der Waals surface area contributed by atoms with E-state index in [-0.39, 0.29) is 5.95 Å². The summed E-state index contributed by atoms with van der Waals surface area (Å²) in [6, 6.07) is 25.2. The van der Waals surface area contributed by atoms with Crippen LogP contribution in [0.4, 0.5) is 17.6 Å². The predicted molar refractivity (Wildman–Crippen MR) is 147 cm³/mol. The first-order valence-corrected chi connectivity index (χ1v) is 12.1. The molecule has 0 atom stereocenters. The van der Waals surface area contributed by atoms with Gasteiger partial charge in [-0.15, -0.1) is 0 Å². The molecule has 0 saturated carbocycles. The summed E-state index contributed by atoms with van der Waals surface area (Å²) in [7, 11) is 0. The molecule has 2 aromatic heterocycles. The number of ether oxygens (including phenoxy) is 1. The van der Waals surface area contributed by atoms with Gasteiger partial charge in [-0.2, -0.15) is 20.1 Å². The summed E-state index contributed by atoms with van der Waals surface area (Å²) in [5.74, 6) is 0.895. The summed E-state index contributed by atoms with van der Waals surface area (Å²) < 4.78 is 6.05. The van der Waals surface area contributed by atoms with E-state index < -0.39 is 5.97 Å². The number of aromatic nitrogens is 5. The van der Waals surface area contributed by atoms with Crippen LogP contribution in [-0.2, 0) is 0 Å². The maximum atomic E-state index is 12.5. The van der Waals surface area contributed by atoms with Crippen LogP contribution in [-0.4, -0.2) is 37.1 Å². The molecule has 38 heavy (non-hydrogen) atoms. The summed E-state index contributed by atoms with van der Waals surface area (Å²) in [5, 5.41) is 7.42. The third-order valence-corrected chi connectivity index (χ3v) is 5.72. The van der Waals surface area contributed by atoms with Crippen LogP contribution in [0.1, 0.15) is 15.9 Å². The normalized spacial score (nSPS) is 10.8. The lowest BCUT2D eigenvalue weighted by Crippen LogP contribution is -2.08. The van der Waals surface area contributed by atoms with Gasteiger partial charge in [-0.3, -0.25) is 0 Å². The molecule has 0 aliphatic carbocycles. The number of hydrazone groups is 1. The first-order valence-electron chi connectivity index (χ1n) is 11.3. The predicted octanol–water partition coefficient (Wildman–Crippen LogP) is 5.50. The van der Waals surface area contributed by atoms with Crippen molar-refractivity contribution in [2.75, 3.05) is 10.7 Å². The van der Waals surface area contributed by atoms with Crippen LogP contribution in [0.15, 0.2) is 107 Å². The molecule has 0 saturated heterocycles. The number of hydrogen-bond acceptors (Lipinski definition) is 10. The van der Waals surface area contributed by atoms with Gasteiger partial charge in [-0.1, -0.05) is 58.4 Å². The Morgan fingerprint density at radius 3 is 2.39 bits per heavy atom. The number of para-hydroxylation sites is 2. The zero-order valence-electron chi connectivity index (χ0n) is 19.7. The van der Waals surface area contributed by atoms with Crippen LogP contribution in [0.25, 0.3) is 11.5 Å². The molecule has 0 spiro atoms. The van der Waals surface area contributed by atoms with Gasteiger partial charge in [0.25, 0.3) is 0 Å². The SMILES string of the molecule is O=C(Oc1ccccc1)c1ccc(/C=N/Nc2nc(Nc3ccccc3)nc(-c3ccncn3)n2)c(Br)c1. The van der Waals surface area contributed by atoms with Gasteiger partial charge >= 0.3 is 5.97 Å². The van der Waals surface area contributed by atoms with Gasteiger partial charge in [0.15, 0.2) is 5.82 Å². The van der Waals surface area contributed by atoms with Crippen LogP contribution in [0, 0.1) is 0 Å². The van der Waals surface area contributed by atoms with Gasteiger partial charge in [0.1, 0.15) is 17.8 Å². The molecular formula is C27H19BrN8O2. The third-order valence-electron chi connectivity index (χ3n) is 5.03. The molecule has 0 radical (unpaired) electrons. The molecule has 10 nitrogen and oxygen atoms in total. The zero-order chi connectivity index (χ0) is 26.2. The fraction of sp³-hybridized carbons (Fsp3) is 0. The summed E-state index contributed by atoms with van der Waals surface area (Å²) >= 11 is 3.49. The molecule has 11 heteroatoms. The third kappa shape index (κ3) is 6.39. The average Bonchev–Trinajstić information content (AvgIpc) is 2.95. The number of carbonyl (C=O) groups is 1. The van der Waals surface area contributed by atoms with Crippen molar-refractivity contribution in [3.63, 3.8) is 0 Å². The van der Waals surface area contributed by atoms with Crippen molar-refractivity contribution < 1.29 is 9.53 Å². The number of nitrogens with one attached hydrogen (secondary N) is 2. The Balaban J connectivity index is 1.33. The summed E-state index contributed by atoms with van der Waals surface area (Å²) in [4.78, 5) is 33.9. The van der Waals surface area contributed by atoms with E-state index in [1.807, 2.05) is 36.4 Å². The van der Waals surface area contributed by atoms with Gasteiger partial charge in [0.05, 0.1) is 11.8 Å². The average molecular weight is 567 g/mol. The second-order valence-electron chi connectivity index (χ2n) is 7.70. The molecule has 2 heterocycles. The summed E-state index contributed by atoms with van der Waals surface area (Å²) in [5.41, 5.74) is 5.31. The molecule has 186 valence electrons. The van der Waals surface area contributed by atoms with E-state index in [9.17, 15) is 4.79 Å². The second kappa shape index (κ2) is 11.8. The topological polar surface area (TPSA) is 127 Å². The Morgan fingerprint density at radius 1 is 0.895 bits per heavy atom. The molecule has 5 aromatic rings. The van der Waals surface area contributed by atoms with Crippen molar-refractivity contribution in [2.24, 2.45) is 5.10 Å². The standard InChI is InChI=1S/C27H19BrN8O2/c28-22-15-18(25(37)38-21-9-5-2-6-10-21)11-12-19(22)16-31-36-27-34-24(23-13-14-29-17-30-23)33-26(35-27)32-20-7-3-1-4-8-20/h1-17H,(H2,32,33,34,35,36)/b31-16+. The molecule has 0 fully saturated rings. The van der Waals surface area contributed by atoms with Crippen molar-refractivity contribution >= 4 is 45.7 Å². The van der Waals surface area contributed by atoms with Gasteiger partial charge in [0.2, 0.25) is 11.9 Å². The van der Waals surface area contributed by atoms with Crippen molar-refractivity contribution in [2.45, 2.75) is 0 Å². The van der Waals surface area contributed by atoms with Crippen LogP contribution < -0.4 is 15.5 Å². The van der Waals surface area contributed by atoms with E-state index in [2.05, 4.69) is 56.7 Å². The maximum absolute atomic E-state index is 12.5. The Morgan fingerprint density at radius 2 is 1.66 bits per heavy atom. The Labute approximate surface area is 226 Å². The highest BCUT2D eigenvalue weighted by molar-refractivity contribution is 9.10. The summed E-state index contributed by atoms with van der Waals surface area (Å²) in [6.45, 7) is 0. The minimum atomic E-state index is -0.459. The first-order chi connectivity index (χ1) is 18.6. The van der Waals surface area contributed by atoms with Crippen LogP contribution in [0.5, 0.6) is 5.75 Å². The van der Waals surface area contributed by atoms with Crippen LogP contribution >= 0.6 is 15.9 Å². The Kier molecular flexibility index (Phi) is 7.66. The highest BCUT2D eigenvalue weighted by atomic mass is 79.9. The minimum absolute atomic E-state index is 0.211. The van der Waals surface area contributed by atoms with Crippen molar-refractivity contribution in [1.82, 2.24) is 24.9 Å². The first kappa shape index (κ1) is 24.7. The molecular weight excluding hydrogens is 548 g/mol. The number of anilines is 3. The number of rotatable bonds is 8. The number of nitrogens with zero attached hydrogens (tertiary/aromatic N) is 6. The van der Waals surface area contributed by atoms with Crippen LogP contribution in [0.3, 0.4) is 0 Å². The summed E-state index contributed by atoms with van der Waals surface area (Å²) in [6.07, 6.45) is 4.61. The monoisotopic (exact) mass is 566 g/mol. The lowest BCUT2D eigenvalue weighted by atomic mass is 10.1. The van der Waals surface area contributed by atoms with E-state index in [1.165, 1.54) is 6.33 Å². The number of esters is 1. The van der Waals surface area contributed by atoms with Crippen molar-refractivity contribution in [3.05, 3.63) is 113 Å². The number of benzene rings is 3. The lowest BCUT2D eigenvalue weighted by molar-refractivity contribution is 0.0734. The molecule has 0 unspecified atom stereocenters. The minimum Gasteiger partial charge on any atom is -0.423 e. The molecule has 2 N–H and O–H groups in total. The second-order valence-corrected chi connectivity index (χ2v) is 8.56. The van der Waals surface area contributed by atoms with Gasteiger partial charge in [-0.25, -0.2) is 20.2 Å². The fourth-order valence-corrected chi connectivity index (χ4v) is 3.72. The van der Waals surface area contributed by atoms with E-state index >= 15 is 0 Å². The molecule has 0 bridgehead atoms. The quantitative estimate of drug-likeness (QED) is 0.108. The number of hydrogen-bond donors (Lipinski definition) is 2. The number of halogens is 1. The molecule has 0 aliphatic heterocycles. The van der Waals surface area contributed by atoms with E-state index in [4.69, 9.17) is 4.74 Å². The maximum Gasteiger partial charge on any atom is 0.343 e. The molecule has 0 amide bonds. The molecule has 5 rings (SSSR count). The fourth-order valence-electron chi connectivity index (χ4n) is 3.24. The largest absolute Gasteiger partial charge is 0.423 e. The number of carbonyl (C=O) groups excluding carboxylic acids is 1. The Hall–Kier alpha value is -5.03. The Bertz CT molecular complexity index is 1570. The van der Waals surface area contributed by atoms with E-state index in [1.54, 1.807) is 60.9 Å². The molecule has 0 aliphatic rings. The van der Waals surface area contributed by atoms with Gasteiger partial charge in [0, 0.05) is 21.9 Å². The van der Waals surface area contributed by atoms with E-state index in [0.717, 1.165) is 11.3 Å². The lowest BCUT2D eigenvalue weighted by Gasteiger charge is -2.08. The smallest absolute Gasteiger partial charge is 0.343 e. The van der Waals surface area contributed by atoms with E-state index in [0.29, 0.717) is 33.3 Å².